The van der Waals surface area contributed by atoms with Crippen molar-refractivity contribution in [3.63, 3.8) is 0 Å². The summed E-state index contributed by atoms with van der Waals surface area (Å²) in [5, 5.41) is 3.44. The van der Waals surface area contributed by atoms with Gasteiger partial charge in [0.05, 0.1) is 7.11 Å². The highest BCUT2D eigenvalue weighted by atomic mass is 16.5. The first kappa shape index (κ1) is 16.3. The first-order valence-electron chi connectivity index (χ1n) is 7.75. The Hall–Kier alpha value is -1.10. The molecule has 0 spiro atoms. The molecule has 0 bridgehead atoms. The number of nitrogens with zero attached hydrogens (tertiary/aromatic N) is 2. The van der Waals surface area contributed by atoms with Gasteiger partial charge in [0, 0.05) is 31.7 Å². The zero-order valence-corrected chi connectivity index (χ0v) is 14.0. The molecule has 3 unspecified atom stereocenters. The maximum absolute atomic E-state index is 5.34. The Kier molecular flexibility index (Phi) is 5.62. The number of ether oxygens (including phenoxy) is 1. The van der Waals surface area contributed by atoms with Crippen LogP contribution in [0.25, 0.3) is 0 Å². The zero-order chi connectivity index (χ0) is 15.4. The predicted octanol–water partition coefficient (Wildman–Crippen LogP) is 1.84. The molecule has 0 amide bonds. The van der Waals surface area contributed by atoms with Crippen molar-refractivity contribution in [2.24, 2.45) is 5.92 Å². The molecule has 1 N–H and O–H groups in total. The number of likely N-dealkylation sites (tertiary alicyclic amines) is 1. The van der Waals surface area contributed by atoms with Gasteiger partial charge >= 0.3 is 0 Å². The molecule has 1 fully saturated rings. The molecule has 0 aliphatic carbocycles. The van der Waals surface area contributed by atoms with Crippen LogP contribution in [0.2, 0.25) is 0 Å². The fraction of sp³-hybridized carbons (Fsp3) is 0.647. The topological polar surface area (TPSA) is 27.7 Å². The van der Waals surface area contributed by atoms with Crippen LogP contribution in [0.5, 0.6) is 5.75 Å². The zero-order valence-electron chi connectivity index (χ0n) is 14.0. The van der Waals surface area contributed by atoms with E-state index in [-0.39, 0.29) is 0 Å². The van der Waals surface area contributed by atoms with E-state index >= 15 is 0 Å². The number of hydrogen-bond acceptors (Lipinski definition) is 4. The van der Waals surface area contributed by atoms with E-state index in [2.05, 4.69) is 54.3 Å². The smallest absolute Gasteiger partial charge is 0.119 e. The molecule has 4 heteroatoms. The molecule has 0 saturated carbocycles. The Morgan fingerprint density at radius 3 is 2.71 bits per heavy atom. The molecule has 21 heavy (non-hydrogen) atoms. The van der Waals surface area contributed by atoms with E-state index in [1.165, 1.54) is 12.1 Å². The second-order valence-corrected chi connectivity index (χ2v) is 6.34. The largest absolute Gasteiger partial charge is 0.497 e. The standard InChI is InChI=1S/C17H29N3O/c1-13-10-20(12-17(13)19(3)4)11-16(18-2)14-7-6-8-15(9-14)21-5/h6-9,13,16-18H,10-12H2,1-5H3. The molecule has 3 atom stereocenters. The molecule has 1 aliphatic rings. The van der Waals surface area contributed by atoms with E-state index in [1.807, 2.05) is 13.1 Å². The van der Waals surface area contributed by atoms with Crippen LogP contribution in [0, 0.1) is 5.92 Å². The molecule has 0 aromatic heterocycles. The number of benzene rings is 1. The van der Waals surface area contributed by atoms with Gasteiger partial charge in [-0.05, 0) is 44.8 Å². The first-order valence-corrected chi connectivity index (χ1v) is 7.75. The summed E-state index contributed by atoms with van der Waals surface area (Å²) in [6, 6.07) is 9.36. The SMILES string of the molecule is CNC(CN1CC(C)C(N(C)C)C1)c1cccc(OC)c1. The highest BCUT2D eigenvalue weighted by Gasteiger charge is 2.31. The van der Waals surface area contributed by atoms with E-state index in [4.69, 9.17) is 4.74 Å². The van der Waals surface area contributed by atoms with Crippen LogP contribution in [0.15, 0.2) is 24.3 Å². The van der Waals surface area contributed by atoms with Crippen LogP contribution in [0.1, 0.15) is 18.5 Å². The molecule has 0 radical (unpaired) electrons. The minimum atomic E-state index is 0.341. The molecular formula is C17H29N3O. The van der Waals surface area contributed by atoms with Crippen molar-refractivity contribution < 1.29 is 4.74 Å². The van der Waals surface area contributed by atoms with Crippen LogP contribution in [-0.2, 0) is 0 Å². The summed E-state index contributed by atoms with van der Waals surface area (Å²) >= 11 is 0. The summed E-state index contributed by atoms with van der Waals surface area (Å²) in [5.41, 5.74) is 1.29. The number of hydrogen-bond donors (Lipinski definition) is 1. The van der Waals surface area contributed by atoms with Crippen molar-refractivity contribution in [2.75, 3.05) is 47.9 Å². The summed E-state index contributed by atoms with van der Waals surface area (Å²) in [5.74, 6) is 1.65. The van der Waals surface area contributed by atoms with Crippen LogP contribution in [0.4, 0.5) is 0 Å². The van der Waals surface area contributed by atoms with Crippen molar-refractivity contribution in [3.05, 3.63) is 29.8 Å². The molecule has 118 valence electrons. The summed E-state index contributed by atoms with van der Waals surface area (Å²) < 4.78 is 5.34. The summed E-state index contributed by atoms with van der Waals surface area (Å²) in [4.78, 5) is 4.92. The predicted molar refractivity (Wildman–Crippen MR) is 87.9 cm³/mol. The van der Waals surface area contributed by atoms with Gasteiger partial charge in [-0.15, -0.1) is 0 Å². The average molecular weight is 291 g/mol. The molecule has 1 aliphatic heterocycles. The number of methoxy groups -OCH3 is 1. The lowest BCUT2D eigenvalue weighted by Crippen LogP contribution is -2.36. The lowest BCUT2D eigenvalue weighted by molar-refractivity contribution is 0.244. The maximum atomic E-state index is 5.34. The summed E-state index contributed by atoms with van der Waals surface area (Å²) in [7, 11) is 8.12. The van der Waals surface area contributed by atoms with Crippen molar-refractivity contribution >= 4 is 0 Å². The molecule has 1 heterocycles. The quantitative estimate of drug-likeness (QED) is 0.865. The van der Waals surface area contributed by atoms with Crippen LogP contribution < -0.4 is 10.1 Å². The Morgan fingerprint density at radius 2 is 2.14 bits per heavy atom. The number of nitrogens with one attached hydrogen (secondary N) is 1. The third-order valence-corrected chi connectivity index (χ3v) is 4.60. The van der Waals surface area contributed by atoms with Crippen LogP contribution in [0.3, 0.4) is 0 Å². The van der Waals surface area contributed by atoms with Crippen LogP contribution >= 0.6 is 0 Å². The van der Waals surface area contributed by atoms with Gasteiger partial charge in [-0.25, -0.2) is 0 Å². The lowest BCUT2D eigenvalue weighted by Gasteiger charge is -2.25. The molecule has 1 saturated heterocycles. The highest BCUT2D eigenvalue weighted by Crippen LogP contribution is 2.24. The van der Waals surface area contributed by atoms with Crippen LogP contribution in [-0.4, -0.2) is 63.7 Å². The van der Waals surface area contributed by atoms with E-state index < -0.39 is 0 Å². The molecular weight excluding hydrogens is 262 g/mol. The van der Waals surface area contributed by atoms with Gasteiger partial charge in [0.15, 0.2) is 0 Å². The number of likely N-dealkylation sites (N-methyl/N-ethyl adjacent to an activating group) is 2. The van der Waals surface area contributed by atoms with E-state index in [0.717, 1.165) is 24.8 Å². The minimum absolute atomic E-state index is 0.341. The van der Waals surface area contributed by atoms with Gasteiger partial charge in [0.2, 0.25) is 0 Å². The highest BCUT2D eigenvalue weighted by molar-refractivity contribution is 5.30. The molecule has 4 nitrogen and oxygen atoms in total. The molecule has 1 aromatic rings. The molecule has 1 aromatic carbocycles. The van der Waals surface area contributed by atoms with E-state index in [9.17, 15) is 0 Å². The van der Waals surface area contributed by atoms with Crippen molar-refractivity contribution in [3.8, 4) is 5.75 Å². The summed E-state index contributed by atoms with van der Waals surface area (Å²) in [6.07, 6.45) is 0. The molecule has 2 rings (SSSR count). The monoisotopic (exact) mass is 291 g/mol. The van der Waals surface area contributed by atoms with Gasteiger partial charge in [0.25, 0.3) is 0 Å². The van der Waals surface area contributed by atoms with Crippen molar-refractivity contribution in [2.45, 2.75) is 19.0 Å². The Labute approximate surface area is 129 Å². The minimum Gasteiger partial charge on any atom is -0.497 e. The van der Waals surface area contributed by atoms with E-state index in [1.54, 1.807) is 7.11 Å². The third-order valence-electron chi connectivity index (χ3n) is 4.60. The Bertz CT molecular complexity index is 449. The number of rotatable bonds is 6. The first-order chi connectivity index (χ1) is 10.0. The lowest BCUT2D eigenvalue weighted by atomic mass is 10.1. The Balaban J connectivity index is 2.02. The second-order valence-electron chi connectivity index (χ2n) is 6.34. The van der Waals surface area contributed by atoms with Gasteiger partial charge in [0.1, 0.15) is 5.75 Å². The van der Waals surface area contributed by atoms with Crippen molar-refractivity contribution in [1.29, 1.82) is 0 Å². The Morgan fingerprint density at radius 1 is 1.38 bits per heavy atom. The average Bonchev–Trinajstić information content (AvgIpc) is 2.85. The summed E-state index contributed by atoms with van der Waals surface area (Å²) in [6.45, 7) is 5.71. The fourth-order valence-corrected chi connectivity index (χ4v) is 3.35. The van der Waals surface area contributed by atoms with E-state index in [0.29, 0.717) is 12.1 Å². The second kappa shape index (κ2) is 7.25. The fourth-order valence-electron chi connectivity index (χ4n) is 3.35. The van der Waals surface area contributed by atoms with Gasteiger partial charge in [-0.2, -0.15) is 0 Å². The normalized spacial score (nSPS) is 24.5. The van der Waals surface area contributed by atoms with Gasteiger partial charge < -0.3 is 15.0 Å². The van der Waals surface area contributed by atoms with Gasteiger partial charge in [-0.1, -0.05) is 19.1 Å². The van der Waals surface area contributed by atoms with Gasteiger partial charge in [-0.3, -0.25) is 4.90 Å². The van der Waals surface area contributed by atoms with Crippen molar-refractivity contribution in [1.82, 2.24) is 15.1 Å². The maximum Gasteiger partial charge on any atom is 0.119 e. The third kappa shape index (κ3) is 3.96.